The van der Waals surface area contributed by atoms with Gasteiger partial charge in [0.05, 0.1) is 0 Å². The average Bonchev–Trinajstić information content (AvgIpc) is 2.74. The molecule has 1 aliphatic heterocycles. The van der Waals surface area contributed by atoms with Crippen molar-refractivity contribution in [1.82, 2.24) is 10.2 Å². The van der Waals surface area contributed by atoms with Gasteiger partial charge in [-0.15, -0.1) is 11.3 Å². The number of rotatable bonds is 4. The molecule has 0 amide bonds. The van der Waals surface area contributed by atoms with E-state index in [1.165, 1.54) is 22.3 Å². The molecule has 0 aromatic carbocycles. The van der Waals surface area contributed by atoms with Gasteiger partial charge in [-0.3, -0.25) is 4.90 Å². The van der Waals surface area contributed by atoms with Crippen LogP contribution in [0.1, 0.15) is 25.1 Å². The maximum Gasteiger partial charge on any atom is 0.0332 e. The zero-order valence-corrected chi connectivity index (χ0v) is 13.0. The number of nitrogens with one attached hydrogen (secondary N) is 1. The smallest absolute Gasteiger partial charge is 0.0332 e. The lowest BCUT2D eigenvalue weighted by Gasteiger charge is -2.39. The van der Waals surface area contributed by atoms with Gasteiger partial charge in [0.15, 0.2) is 0 Å². The maximum atomic E-state index is 3.53. The van der Waals surface area contributed by atoms with Gasteiger partial charge in [-0.05, 0) is 27.9 Å². The lowest BCUT2D eigenvalue weighted by molar-refractivity contribution is 0.110. The van der Waals surface area contributed by atoms with Gasteiger partial charge >= 0.3 is 0 Å². The quantitative estimate of drug-likeness (QED) is 0.916. The Balaban J connectivity index is 2.01. The second kappa shape index (κ2) is 6.32. The summed E-state index contributed by atoms with van der Waals surface area (Å²) in [7, 11) is 0. The van der Waals surface area contributed by atoms with Crippen LogP contribution in [0.3, 0.4) is 0 Å². The molecule has 1 aromatic heterocycles. The van der Waals surface area contributed by atoms with Gasteiger partial charge in [0.25, 0.3) is 0 Å². The highest BCUT2D eigenvalue weighted by Gasteiger charge is 2.26. The average molecular weight is 317 g/mol. The van der Waals surface area contributed by atoms with Gasteiger partial charge in [-0.25, -0.2) is 0 Å². The molecule has 96 valence electrons. The highest BCUT2D eigenvalue weighted by atomic mass is 79.9. The Bertz CT molecular complexity index is 353. The number of halogens is 1. The van der Waals surface area contributed by atoms with Crippen molar-refractivity contribution < 1.29 is 0 Å². The number of hydrogen-bond donors (Lipinski definition) is 1. The van der Waals surface area contributed by atoms with E-state index in [1.807, 2.05) is 11.3 Å². The Morgan fingerprint density at radius 3 is 3.12 bits per heavy atom. The number of thiophene rings is 1. The summed E-state index contributed by atoms with van der Waals surface area (Å²) < 4.78 is 1.22. The van der Waals surface area contributed by atoms with Crippen LogP contribution >= 0.6 is 27.3 Å². The van der Waals surface area contributed by atoms with Crippen molar-refractivity contribution >= 4 is 27.3 Å². The standard InChI is InChI=1S/C13H21BrN2S/c1-3-10(2)13-7-15-4-5-16(13)8-12-6-11(14)9-17-12/h6,9-10,13,15H,3-5,7-8H2,1-2H3. The molecule has 2 atom stereocenters. The molecule has 4 heteroatoms. The summed E-state index contributed by atoms with van der Waals surface area (Å²) in [6.07, 6.45) is 1.26. The van der Waals surface area contributed by atoms with Crippen molar-refractivity contribution in [2.75, 3.05) is 19.6 Å². The highest BCUT2D eigenvalue weighted by Crippen LogP contribution is 2.24. The molecular formula is C13H21BrN2S. The SMILES string of the molecule is CCC(C)C1CNCCN1Cc1cc(Br)cs1. The third-order valence-corrected chi connectivity index (χ3v) is 5.36. The van der Waals surface area contributed by atoms with Crippen LogP contribution in [0, 0.1) is 5.92 Å². The van der Waals surface area contributed by atoms with E-state index in [2.05, 4.69) is 51.4 Å². The zero-order valence-electron chi connectivity index (χ0n) is 10.6. The van der Waals surface area contributed by atoms with Gasteiger partial charge in [-0.1, -0.05) is 20.3 Å². The van der Waals surface area contributed by atoms with Crippen LogP contribution in [0.2, 0.25) is 0 Å². The summed E-state index contributed by atoms with van der Waals surface area (Å²) in [5.41, 5.74) is 0. The molecular weight excluding hydrogens is 296 g/mol. The monoisotopic (exact) mass is 316 g/mol. The molecule has 2 nitrogen and oxygen atoms in total. The van der Waals surface area contributed by atoms with Crippen LogP contribution in [-0.2, 0) is 6.54 Å². The number of nitrogens with zero attached hydrogens (tertiary/aromatic N) is 1. The third kappa shape index (κ3) is 3.53. The van der Waals surface area contributed by atoms with Crippen molar-refractivity contribution in [2.45, 2.75) is 32.9 Å². The fourth-order valence-electron chi connectivity index (χ4n) is 2.43. The zero-order chi connectivity index (χ0) is 12.3. The van der Waals surface area contributed by atoms with Gasteiger partial charge < -0.3 is 5.32 Å². The fourth-order valence-corrected chi connectivity index (χ4v) is 3.91. The minimum Gasteiger partial charge on any atom is -0.314 e. The Morgan fingerprint density at radius 2 is 2.47 bits per heavy atom. The Labute approximate surface area is 117 Å². The largest absolute Gasteiger partial charge is 0.314 e. The summed E-state index contributed by atoms with van der Waals surface area (Å²) in [4.78, 5) is 4.11. The van der Waals surface area contributed by atoms with Crippen molar-refractivity contribution in [1.29, 1.82) is 0 Å². The van der Waals surface area contributed by atoms with E-state index in [0.717, 1.165) is 25.6 Å². The highest BCUT2D eigenvalue weighted by molar-refractivity contribution is 9.10. The summed E-state index contributed by atoms with van der Waals surface area (Å²) in [5, 5.41) is 5.70. The normalized spacial score (nSPS) is 23.8. The van der Waals surface area contributed by atoms with Crippen molar-refractivity contribution in [2.24, 2.45) is 5.92 Å². The van der Waals surface area contributed by atoms with Crippen LogP contribution < -0.4 is 5.32 Å². The molecule has 1 N–H and O–H groups in total. The summed E-state index contributed by atoms with van der Waals surface area (Å²) in [5.74, 6) is 0.770. The number of hydrogen-bond acceptors (Lipinski definition) is 3. The van der Waals surface area contributed by atoms with E-state index < -0.39 is 0 Å². The van der Waals surface area contributed by atoms with Crippen LogP contribution in [0.15, 0.2) is 15.9 Å². The molecule has 2 unspecified atom stereocenters. The van der Waals surface area contributed by atoms with E-state index in [0.29, 0.717) is 6.04 Å². The van der Waals surface area contributed by atoms with Gasteiger partial charge in [-0.2, -0.15) is 0 Å². The van der Waals surface area contributed by atoms with Crippen LogP contribution in [-0.4, -0.2) is 30.6 Å². The van der Waals surface area contributed by atoms with E-state index in [-0.39, 0.29) is 0 Å². The summed E-state index contributed by atoms with van der Waals surface area (Å²) in [6.45, 7) is 9.20. The molecule has 0 spiro atoms. The predicted molar refractivity (Wildman–Crippen MR) is 78.5 cm³/mol. The minimum absolute atomic E-state index is 0.689. The summed E-state index contributed by atoms with van der Waals surface area (Å²) in [6, 6.07) is 2.94. The van der Waals surface area contributed by atoms with Crippen LogP contribution in [0.5, 0.6) is 0 Å². The molecule has 2 rings (SSSR count). The van der Waals surface area contributed by atoms with E-state index in [4.69, 9.17) is 0 Å². The molecule has 0 radical (unpaired) electrons. The lowest BCUT2D eigenvalue weighted by Crippen LogP contribution is -2.53. The van der Waals surface area contributed by atoms with E-state index in [9.17, 15) is 0 Å². The maximum absolute atomic E-state index is 3.53. The van der Waals surface area contributed by atoms with E-state index in [1.54, 1.807) is 0 Å². The molecule has 1 saturated heterocycles. The lowest BCUT2D eigenvalue weighted by atomic mass is 9.96. The fraction of sp³-hybridized carbons (Fsp3) is 0.692. The Kier molecular flexibility index (Phi) is 5.03. The molecule has 0 bridgehead atoms. The molecule has 17 heavy (non-hydrogen) atoms. The first-order valence-corrected chi connectivity index (χ1v) is 8.05. The van der Waals surface area contributed by atoms with Gasteiger partial charge in [0, 0.05) is 47.0 Å². The van der Waals surface area contributed by atoms with Crippen molar-refractivity contribution in [3.05, 3.63) is 20.8 Å². The predicted octanol–water partition coefficient (Wildman–Crippen LogP) is 3.33. The second-order valence-corrected chi connectivity index (χ2v) is 6.77. The van der Waals surface area contributed by atoms with Crippen LogP contribution in [0.4, 0.5) is 0 Å². The molecule has 1 aliphatic rings. The van der Waals surface area contributed by atoms with Gasteiger partial charge in [0.1, 0.15) is 0 Å². The first kappa shape index (κ1) is 13.5. The molecule has 2 heterocycles. The number of piperazine rings is 1. The van der Waals surface area contributed by atoms with Crippen molar-refractivity contribution in [3.8, 4) is 0 Å². The third-order valence-electron chi connectivity index (χ3n) is 3.68. The first-order chi connectivity index (χ1) is 8.20. The Hall–Kier alpha value is 0.1000. The first-order valence-electron chi connectivity index (χ1n) is 6.38. The Morgan fingerprint density at radius 1 is 1.65 bits per heavy atom. The second-order valence-electron chi connectivity index (χ2n) is 4.86. The van der Waals surface area contributed by atoms with Gasteiger partial charge in [0.2, 0.25) is 0 Å². The topological polar surface area (TPSA) is 15.3 Å². The molecule has 0 saturated carbocycles. The van der Waals surface area contributed by atoms with Crippen LogP contribution in [0.25, 0.3) is 0 Å². The molecule has 1 aromatic rings. The molecule has 1 fully saturated rings. The minimum atomic E-state index is 0.689. The van der Waals surface area contributed by atoms with Crippen molar-refractivity contribution in [3.63, 3.8) is 0 Å². The van der Waals surface area contributed by atoms with E-state index >= 15 is 0 Å². The summed E-state index contributed by atoms with van der Waals surface area (Å²) >= 11 is 5.39. The molecule has 0 aliphatic carbocycles.